The lowest BCUT2D eigenvalue weighted by Gasteiger charge is -2.38. The lowest BCUT2D eigenvalue weighted by molar-refractivity contribution is -0.0694. The van der Waals surface area contributed by atoms with Crippen molar-refractivity contribution in [2.24, 2.45) is 0 Å². The summed E-state index contributed by atoms with van der Waals surface area (Å²) in [6.07, 6.45) is -3.48. The summed E-state index contributed by atoms with van der Waals surface area (Å²) < 4.78 is 0. The Morgan fingerprint density at radius 1 is 0.815 bits per heavy atom. The molecule has 5 rings (SSSR count). The van der Waals surface area contributed by atoms with E-state index in [0.29, 0.717) is 11.3 Å². The lowest BCUT2D eigenvalue weighted by Crippen LogP contribution is -2.41. The molecular formula is C22H20O4S. The summed E-state index contributed by atoms with van der Waals surface area (Å²) in [7, 11) is 0. The van der Waals surface area contributed by atoms with E-state index >= 15 is 0 Å². The first kappa shape index (κ1) is 17.2. The molecule has 0 saturated heterocycles. The van der Waals surface area contributed by atoms with Crippen LogP contribution >= 0.6 is 11.8 Å². The van der Waals surface area contributed by atoms with E-state index in [1.165, 1.54) is 17.1 Å². The van der Waals surface area contributed by atoms with Crippen molar-refractivity contribution in [3.63, 3.8) is 0 Å². The van der Waals surface area contributed by atoms with Crippen molar-refractivity contribution >= 4 is 44.1 Å². The van der Waals surface area contributed by atoms with Crippen molar-refractivity contribution in [1.29, 1.82) is 0 Å². The average Bonchev–Trinajstić information content (AvgIpc) is 2.70. The minimum atomic E-state index is -1.25. The summed E-state index contributed by atoms with van der Waals surface area (Å²) in [5.41, 5.74) is 1.53. The fourth-order valence-corrected chi connectivity index (χ4v) is 5.65. The summed E-state index contributed by atoms with van der Waals surface area (Å²) in [5.74, 6) is 0.450. The third-order valence-electron chi connectivity index (χ3n) is 5.70. The number of aliphatic hydroxyl groups is 4. The quantitative estimate of drug-likeness (QED) is 0.411. The zero-order chi connectivity index (χ0) is 18.7. The molecule has 4 aromatic rings. The summed E-state index contributed by atoms with van der Waals surface area (Å²) >= 11 is 1.41. The van der Waals surface area contributed by atoms with Gasteiger partial charge < -0.3 is 20.4 Å². The molecular weight excluding hydrogens is 360 g/mol. The molecule has 0 heterocycles. The van der Waals surface area contributed by atoms with Crippen LogP contribution in [-0.4, -0.2) is 45.0 Å². The fourth-order valence-electron chi connectivity index (χ4n) is 4.50. The van der Waals surface area contributed by atoms with Crippen LogP contribution in [0.25, 0.3) is 32.3 Å². The van der Waals surface area contributed by atoms with Gasteiger partial charge >= 0.3 is 0 Å². The van der Waals surface area contributed by atoms with Crippen molar-refractivity contribution < 1.29 is 20.4 Å². The van der Waals surface area contributed by atoms with Gasteiger partial charge in [0.25, 0.3) is 0 Å². The van der Waals surface area contributed by atoms with E-state index in [1.807, 2.05) is 24.3 Å². The van der Waals surface area contributed by atoms with Crippen LogP contribution in [0.3, 0.4) is 0 Å². The Morgan fingerprint density at radius 3 is 2.26 bits per heavy atom. The van der Waals surface area contributed by atoms with Gasteiger partial charge in [-0.25, -0.2) is 0 Å². The van der Waals surface area contributed by atoms with Gasteiger partial charge in [-0.1, -0.05) is 42.5 Å². The monoisotopic (exact) mass is 380 g/mol. The Morgan fingerprint density at radius 2 is 1.52 bits per heavy atom. The van der Waals surface area contributed by atoms with E-state index < -0.39 is 23.6 Å². The van der Waals surface area contributed by atoms with Gasteiger partial charge in [-0.3, -0.25) is 0 Å². The molecule has 1 aliphatic carbocycles. The van der Waals surface area contributed by atoms with Gasteiger partial charge in [-0.2, -0.15) is 0 Å². The molecule has 138 valence electrons. The molecule has 5 heteroatoms. The van der Waals surface area contributed by atoms with Crippen molar-refractivity contribution in [3.8, 4) is 0 Å². The molecule has 0 unspecified atom stereocenters. The number of aliphatic hydroxyl groups excluding tert-OH is 4. The van der Waals surface area contributed by atoms with Crippen molar-refractivity contribution in [3.05, 3.63) is 59.7 Å². The molecule has 4 nitrogen and oxygen atoms in total. The SMILES string of the molecule is OCCS[C@H]1c2c(cc3ccc4cccc5ccc2c3c45)[C@@H](O)[C@H](O)[C@@H]1O. The number of hydrogen-bond donors (Lipinski definition) is 4. The van der Waals surface area contributed by atoms with Crippen LogP contribution in [0.1, 0.15) is 22.5 Å². The van der Waals surface area contributed by atoms with Gasteiger partial charge in [0, 0.05) is 5.75 Å². The molecule has 0 bridgehead atoms. The maximum atomic E-state index is 10.7. The molecule has 0 radical (unpaired) electrons. The molecule has 1 aliphatic rings. The zero-order valence-corrected chi connectivity index (χ0v) is 15.4. The highest BCUT2D eigenvalue weighted by molar-refractivity contribution is 7.99. The second kappa shape index (κ2) is 6.33. The van der Waals surface area contributed by atoms with E-state index in [0.717, 1.165) is 32.5 Å². The third-order valence-corrected chi connectivity index (χ3v) is 6.99. The second-order valence-corrected chi connectivity index (χ2v) is 8.43. The first-order valence-corrected chi connectivity index (χ1v) is 10.1. The van der Waals surface area contributed by atoms with E-state index in [9.17, 15) is 20.4 Å². The molecule has 0 amide bonds. The minimum Gasteiger partial charge on any atom is -0.396 e. The van der Waals surface area contributed by atoms with E-state index in [1.54, 1.807) is 0 Å². The van der Waals surface area contributed by atoms with Crippen molar-refractivity contribution in [2.45, 2.75) is 23.6 Å². The first-order chi connectivity index (χ1) is 13.1. The van der Waals surface area contributed by atoms with Crippen molar-refractivity contribution in [1.82, 2.24) is 0 Å². The van der Waals surface area contributed by atoms with Crippen LogP contribution < -0.4 is 0 Å². The molecule has 4 N–H and O–H groups in total. The zero-order valence-electron chi connectivity index (χ0n) is 14.5. The second-order valence-electron chi connectivity index (χ2n) is 7.18. The molecule has 4 aromatic carbocycles. The molecule has 0 fully saturated rings. The predicted molar refractivity (Wildman–Crippen MR) is 109 cm³/mol. The average molecular weight is 380 g/mol. The highest BCUT2D eigenvalue weighted by Crippen LogP contribution is 2.49. The van der Waals surface area contributed by atoms with Gasteiger partial charge in [-0.15, -0.1) is 11.8 Å². The predicted octanol–water partition coefficient (Wildman–Crippen LogP) is 3.12. The summed E-state index contributed by atoms with van der Waals surface area (Å²) in [6, 6.07) is 16.4. The third kappa shape index (κ3) is 2.40. The van der Waals surface area contributed by atoms with Crippen LogP contribution in [-0.2, 0) is 0 Å². The van der Waals surface area contributed by atoms with Crippen molar-refractivity contribution in [2.75, 3.05) is 12.4 Å². The van der Waals surface area contributed by atoms with Gasteiger partial charge in [-0.05, 0) is 49.5 Å². The van der Waals surface area contributed by atoms with Gasteiger partial charge in [0.1, 0.15) is 12.2 Å². The van der Waals surface area contributed by atoms with Gasteiger partial charge in [0.2, 0.25) is 0 Å². The maximum absolute atomic E-state index is 10.7. The number of benzene rings is 4. The smallest absolute Gasteiger partial charge is 0.111 e. The maximum Gasteiger partial charge on any atom is 0.111 e. The number of rotatable bonds is 3. The van der Waals surface area contributed by atoms with Crippen LogP contribution in [0.4, 0.5) is 0 Å². The molecule has 0 spiro atoms. The lowest BCUT2D eigenvalue weighted by atomic mass is 9.80. The Balaban J connectivity index is 1.90. The molecule has 4 atom stereocenters. The Labute approximate surface area is 160 Å². The summed E-state index contributed by atoms with van der Waals surface area (Å²) in [6.45, 7) is -0.00625. The topological polar surface area (TPSA) is 80.9 Å². The summed E-state index contributed by atoms with van der Waals surface area (Å²) in [4.78, 5) is 0. The normalized spacial score (nSPS) is 25.5. The number of fused-ring (bicyclic) bond motifs is 2. The van der Waals surface area contributed by atoms with E-state index in [4.69, 9.17) is 0 Å². The first-order valence-electron chi connectivity index (χ1n) is 9.09. The fraction of sp³-hybridized carbons (Fsp3) is 0.273. The Hall–Kier alpha value is -1.89. The van der Waals surface area contributed by atoms with Crippen LogP contribution in [0.15, 0.2) is 48.5 Å². The number of hydrogen-bond acceptors (Lipinski definition) is 5. The van der Waals surface area contributed by atoms with Crippen LogP contribution in [0.5, 0.6) is 0 Å². The van der Waals surface area contributed by atoms with Crippen LogP contribution in [0, 0.1) is 0 Å². The molecule has 27 heavy (non-hydrogen) atoms. The van der Waals surface area contributed by atoms with Gasteiger partial charge in [0.05, 0.1) is 18.0 Å². The molecule has 0 aromatic heterocycles. The number of thioether (sulfide) groups is 1. The largest absolute Gasteiger partial charge is 0.396 e. The Bertz CT molecular complexity index is 1130. The molecule has 0 aliphatic heterocycles. The van der Waals surface area contributed by atoms with Crippen LogP contribution in [0.2, 0.25) is 0 Å². The molecule has 0 saturated carbocycles. The van der Waals surface area contributed by atoms with E-state index in [2.05, 4.69) is 24.3 Å². The van der Waals surface area contributed by atoms with Gasteiger partial charge in [0.15, 0.2) is 0 Å². The highest BCUT2D eigenvalue weighted by Gasteiger charge is 2.42. The van der Waals surface area contributed by atoms with E-state index in [-0.39, 0.29) is 6.61 Å². The summed E-state index contributed by atoms with van der Waals surface area (Å²) in [5, 5.41) is 47.2. The minimum absolute atomic E-state index is 0.00625. The Kier molecular flexibility index (Phi) is 4.04. The highest BCUT2D eigenvalue weighted by atomic mass is 32.2. The standard InChI is InChI=1S/C22H20O4S/c23-8-9-27-22-18-14-7-6-12-3-1-2-11-4-5-13(17(14)16(11)12)10-15(18)19(24)20(25)21(22)26/h1-7,10,19-26H,8-9H2/t19-,20+,21+,22+/m1/s1.